The molecule has 1 unspecified atom stereocenters. The molecule has 37 heavy (non-hydrogen) atoms. The van der Waals surface area contributed by atoms with Crippen LogP contribution in [-0.4, -0.2) is 37.0 Å². The molecule has 6 nitrogen and oxygen atoms in total. The van der Waals surface area contributed by atoms with Crippen molar-refractivity contribution in [1.29, 1.82) is 0 Å². The van der Waals surface area contributed by atoms with Gasteiger partial charge in [0.05, 0.1) is 24.3 Å². The van der Waals surface area contributed by atoms with Gasteiger partial charge in [0.25, 0.3) is 11.7 Å². The molecule has 0 aliphatic carbocycles. The van der Waals surface area contributed by atoms with Gasteiger partial charge in [-0.1, -0.05) is 29.8 Å². The van der Waals surface area contributed by atoms with Gasteiger partial charge in [-0.2, -0.15) is 0 Å². The van der Waals surface area contributed by atoms with Crippen molar-refractivity contribution in [2.24, 2.45) is 0 Å². The van der Waals surface area contributed by atoms with Gasteiger partial charge in [-0.05, 0) is 87.7 Å². The van der Waals surface area contributed by atoms with E-state index >= 15 is 0 Å². The summed E-state index contributed by atoms with van der Waals surface area (Å²) in [7, 11) is 1.51. The summed E-state index contributed by atoms with van der Waals surface area (Å²) >= 11 is 0. The SMILES string of the molecule is CCN(CC)c1ccc(C2/C(=C(\O)c3cc(C)ccc3OC)C(=O)C(=O)N2c2ccc(C)c(C)c2)cc1. The number of carbonyl (C=O) groups excluding carboxylic acids is 2. The van der Waals surface area contributed by atoms with Gasteiger partial charge >= 0.3 is 0 Å². The number of aliphatic hydroxyl groups excluding tert-OH is 1. The Morgan fingerprint density at radius 1 is 0.919 bits per heavy atom. The van der Waals surface area contributed by atoms with E-state index in [9.17, 15) is 14.7 Å². The standard InChI is InChI=1S/C31H34N2O4/c1-7-32(8-2)23-14-11-22(12-15-23)28-27(29(34)25-17-19(3)9-16-26(25)37-6)30(35)31(36)33(28)24-13-10-20(4)21(5)18-24/h9-18,28,34H,7-8H2,1-6H3/b29-27+. The van der Waals surface area contributed by atoms with Crippen molar-refractivity contribution in [3.05, 3.63) is 94.1 Å². The second-order valence-electron chi connectivity index (χ2n) is 9.41. The molecular weight excluding hydrogens is 464 g/mol. The molecule has 6 heteroatoms. The molecule has 0 spiro atoms. The maximum Gasteiger partial charge on any atom is 0.300 e. The lowest BCUT2D eigenvalue weighted by Gasteiger charge is -2.27. The topological polar surface area (TPSA) is 70.1 Å². The Bertz CT molecular complexity index is 1370. The average Bonchev–Trinajstić information content (AvgIpc) is 3.16. The third-order valence-corrected chi connectivity index (χ3v) is 7.16. The van der Waals surface area contributed by atoms with Crippen molar-refractivity contribution in [3.8, 4) is 5.75 Å². The molecule has 1 heterocycles. The molecule has 0 bridgehead atoms. The van der Waals surface area contributed by atoms with Crippen LogP contribution in [0.5, 0.6) is 5.75 Å². The summed E-state index contributed by atoms with van der Waals surface area (Å²) in [5.41, 5.74) is 5.82. The number of methoxy groups -OCH3 is 1. The number of nitrogens with zero attached hydrogens (tertiary/aromatic N) is 2. The van der Waals surface area contributed by atoms with Gasteiger partial charge in [-0.3, -0.25) is 14.5 Å². The maximum absolute atomic E-state index is 13.5. The van der Waals surface area contributed by atoms with E-state index in [0.717, 1.165) is 41.0 Å². The molecule has 0 aromatic heterocycles. The number of hydrogen-bond acceptors (Lipinski definition) is 5. The third-order valence-electron chi connectivity index (χ3n) is 7.16. The molecule has 1 amide bonds. The number of amides is 1. The zero-order chi connectivity index (χ0) is 26.9. The van der Waals surface area contributed by atoms with Gasteiger partial charge in [0.2, 0.25) is 0 Å². The van der Waals surface area contributed by atoms with E-state index < -0.39 is 17.7 Å². The normalized spacial score (nSPS) is 16.8. The van der Waals surface area contributed by atoms with E-state index in [4.69, 9.17) is 4.74 Å². The first-order chi connectivity index (χ1) is 17.7. The minimum atomic E-state index is -0.793. The molecule has 192 valence electrons. The van der Waals surface area contributed by atoms with Crippen molar-refractivity contribution in [2.45, 2.75) is 40.7 Å². The molecule has 1 aliphatic heterocycles. The Morgan fingerprint density at radius 2 is 1.59 bits per heavy atom. The Kier molecular flexibility index (Phi) is 7.39. The fourth-order valence-electron chi connectivity index (χ4n) is 4.90. The lowest BCUT2D eigenvalue weighted by Crippen LogP contribution is -2.29. The van der Waals surface area contributed by atoms with Crippen LogP contribution in [0.1, 0.15) is 47.7 Å². The Labute approximate surface area is 218 Å². The van der Waals surface area contributed by atoms with Crippen LogP contribution in [0.3, 0.4) is 0 Å². The predicted molar refractivity (Wildman–Crippen MR) is 148 cm³/mol. The van der Waals surface area contributed by atoms with Crippen LogP contribution < -0.4 is 14.5 Å². The number of ether oxygens (including phenoxy) is 1. The Hall–Kier alpha value is -4.06. The van der Waals surface area contributed by atoms with E-state index in [-0.39, 0.29) is 11.3 Å². The number of aryl methyl sites for hydroxylation is 3. The first-order valence-corrected chi connectivity index (χ1v) is 12.6. The lowest BCUT2D eigenvalue weighted by molar-refractivity contribution is -0.132. The van der Waals surface area contributed by atoms with Crippen LogP contribution in [0.15, 0.2) is 66.2 Å². The monoisotopic (exact) mass is 498 g/mol. The van der Waals surface area contributed by atoms with Gasteiger partial charge in [0, 0.05) is 24.5 Å². The summed E-state index contributed by atoms with van der Waals surface area (Å²) in [5, 5.41) is 11.6. The first-order valence-electron chi connectivity index (χ1n) is 12.6. The highest BCUT2D eigenvalue weighted by Crippen LogP contribution is 2.44. The van der Waals surface area contributed by atoms with Crippen molar-refractivity contribution in [1.82, 2.24) is 0 Å². The van der Waals surface area contributed by atoms with Crippen molar-refractivity contribution < 1.29 is 19.4 Å². The molecule has 3 aromatic rings. The molecule has 1 saturated heterocycles. The van der Waals surface area contributed by atoms with Crippen LogP contribution in [0, 0.1) is 20.8 Å². The van der Waals surface area contributed by atoms with E-state index in [0.29, 0.717) is 17.0 Å². The van der Waals surface area contributed by atoms with Crippen molar-refractivity contribution in [3.63, 3.8) is 0 Å². The first kappa shape index (κ1) is 26.0. The van der Waals surface area contributed by atoms with E-state index in [1.54, 1.807) is 12.1 Å². The van der Waals surface area contributed by atoms with Crippen LogP contribution in [0.4, 0.5) is 11.4 Å². The Balaban J connectivity index is 1.95. The van der Waals surface area contributed by atoms with Gasteiger partial charge < -0.3 is 14.7 Å². The summed E-state index contributed by atoms with van der Waals surface area (Å²) in [4.78, 5) is 30.8. The molecule has 1 aliphatic rings. The molecule has 0 saturated carbocycles. The van der Waals surface area contributed by atoms with Gasteiger partial charge in [-0.15, -0.1) is 0 Å². The highest BCUT2D eigenvalue weighted by atomic mass is 16.5. The summed E-state index contributed by atoms with van der Waals surface area (Å²) in [6.45, 7) is 11.8. The second-order valence-corrected chi connectivity index (χ2v) is 9.41. The summed E-state index contributed by atoms with van der Waals surface area (Å²) in [5.74, 6) is -1.22. The van der Waals surface area contributed by atoms with Crippen LogP contribution in [0.25, 0.3) is 5.76 Å². The highest BCUT2D eigenvalue weighted by Gasteiger charge is 2.47. The zero-order valence-electron chi connectivity index (χ0n) is 22.3. The summed E-state index contributed by atoms with van der Waals surface area (Å²) in [6.07, 6.45) is 0. The number of carbonyl (C=O) groups is 2. The van der Waals surface area contributed by atoms with E-state index in [1.807, 2.05) is 69.3 Å². The molecule has 0 radical (unpaired) electrons. The van der Waals surface area contributed by atoms with Gasteiger partial charge in [0.15, 0.2) is 0 Å². The van der Waals surface area contributed by atoms with Gasteiger partial charge in [0.1, 0.15) is 11.5 Å². The third kappa shape index (κ3) is 4.71. The second kappa shape index (κ2) is 10.5. The molecular formula is C31H34N2O4. The van der Waals surface area contributed by atoms with Crippen LogP contribution in [-0.2, 0) is 9.59 Å². The van der Waals surface area contributed by atoms with Gasteiger partial charge in [-0.25, -0.2) is 0 Å². The summed E-state index contributed by atoms with van der Waals surface area (Å²) < 4.78 is 5.48. The van der Waals surface area contributed by atoms with Crippen LogP contribution >= 0.6 is 0 Å². The maximum atomic E-state index is 13.5. The lowest BCUT2D eigenvalue weighted by atomic mass is 9.94. The zero-order valence-corrected chi connectivity index (χ0v) is 22.3. The largest absolute Gasteiger partial charge is 0.507 e. The minimum Gasteiger partial charge on any atom is -0.507 e. The van der Waals surface area contributed by atoms with Crippen LogP contribution in [0.2, 0.25) is 0 Å². The number of ketones is 1. The Morgan fingerprint density at radius 3 is 2.19 bits per heavy atom. The van der Waals surface area contributed by atoms with E-state index in [1.165, 1.54) is 12.0 Å². The molecule has 4 rings (SSSR count). The number of Topliss-reactive ketones (excluding diaryl/α,β-unsaturated/α-hetero) is 1. The van der Waals surface area contributed by atoms with Crippen molar-refractivity contribution >= 4 is 28.8 Å². The molecule has 1 N–H and O–H groups in total. The molecule has 1 atom stereocenters. The predicted octanol–water partition coefficient (Wildman–Crippen LogP) is 6.09. The number of aliphatic hydroxyl groups is 1. The molecule has 3 aromatic carbocycles. The number of rotatable bonds is 7. The average molecular weight is 499 g/mol. The smallest absolute Gasteiger partial charge is 0.300 e. The fourth-order valence-corrected chi connectivity index (χ4v) is 4.90. The molecule has 1 fully saturated rings. The number of hydrogen-bond donors (Lipinski definition) is 1. The number of benzene rings is 3. The summed E-state index contributed by atoms with van der Waals surface area (Å²) in [6, 6.07) is 18.1. The highest BCUT2D eigenvalue weighted by molar-refractivity contribution is 6.51. The van der Waals surface area contributed by atoms with E-state index in [2.05, 4.69) is 18.7 Å². The minimum absolute atomic E-state index is 0.0442. The van der Waals surface area contributed by atoms with Crippen molar-refractivity contribution in [2.75, 3.05) is 30.0 Å². The number of anilines is 2. The quantitative estimate of drug-likeness (QED) is 0.242. The fraction of sp³-hybridized carbons (Fsp3) is 0.290.